The highest BCUT2D eigenvalue weighted by molar-refractivity contribution is 7.89. The molecule has 0 amide bonds. The Morgan fingerprint density at radius 2 is 1.88 bits per heavy atom. The highest BCUT2D eigenvalue weighted by Gasteiger charge is 2.18. The van der Waals surface area contributed by atoms with Crippen LogP contribution < -0.4 is 9.88 Å². The molecule has 0 radical (unpaired) electrons. The lowest BCUT2D eigenvalue weighted by molar-refractivity contribution is 0.0474. The van der Waals surface area contributed by atoms with Crippen molar-refractivity contribution in [3.63, 3.8) is 0 Å². The first-order valence-corrected chi connectivity index (χ1v) is 8.81. The standard InChI is InChI=1S/C16H14ClNO6S/c1-23-11-4-2-3-10(7-11)15(19)9-24-16(20)13-8-12(25(18,21)22)5-6-14(13)17/h2-8H,9H2,1H3,(H2,18,21,22). The molecule has 2 aromatic carbocycles. The van der Waals surface area contributed by atoms with E-state index in [-0.39, 0.29) is 15.5 Å². The minimum Gasteiger partial charge on any atom is -0.497 e. The highest BCUT2D eigenvalue weighted by Crippen LogP contribution is 2.21. The molecule has 25 heavy (non-hydrogen) atoms. The van der Waals surface area contributed by atoms with Crippen molar-refractivity contribution in [1.82, 2.24) is 0 Å². The van der Waals surface area contributed by atoms with Crippen LogP contribution in [-0.4, -0.2) is 33.9 Å². The molecule has 0 heterocycles. The molecule has 7 nitrogen and oxygen atoms in total. The Labute approximate surface area is 149 Å². The second kappa shape index (κ2) is 7.64. The molecule has 0 saturated heterocycles. The number of methoxy groups -OCH3 is 1. The summed E-state index contributed by atoms with van der Waals surface area (Å²) in [6.07, 6.45) is 0. The van der Waals surface area contributed by atoms with Gasteiger partial charge in [-0.1, -0.05) is 23.7 Å². The van der Waals surface area contributed by atoms with Crippen molar-refractivity contribution < 1.29 is 27.5 Å². The molecule has 132 valence electrons. The Morgan fingerprint density at radius 1 is 1.16 bits per heavy atom. The first kappa shape index (κ1) is 18.9. The van der Waals surface area contributed by atoms with Crippen LogP contribution in [0.2, 0.25) is 5.02 Å². The largest absolute Gasteiger partial charge is 0.497 e. The van der Waals surface area contributed by atoms with Gasteiger partial charge in [0, 0.05) is 5.56 Å². The predicted octanol–water partition coefficient (Wildman–Crippen LogP) is 2.04. The summed E-state index contributed by atoms with van der Waals surface area (Å²) < 4.78 is 32.6. The Morgan fingerprint density at radius 3 is 2.52 bits per heavy atom. The molecule has 9 heteroatoms. The number of carbonyl (C=O) groups is 2. The van der Waals surface area contributed by atoms with Gasteiger partial charge in [-0.3, -0.25) is 4.79 Å². The number of halogens is 1. The van der Waals surface area contributed by atoms with Crippen molar-refractivity contribution in [2.75, 3.05) is 13.7 Å². The van der Waals surface area contributed by atoms with Crippen LogP contribution in [0.4, 0.5) is 0 Å². The number of sulfonamides is 1. The van der Waals surface area contributed by atoms with Gasteiger partial charge in [0.15, 0.2) is 12.4 Å². The topological polar surface area (TPSA) is 113 Å². The smallest absolute Gasteiger partial charge is 0.340 e. The molecule has 0 bridgehead atoms. The van der Waals surface area contributed by atoms with E-state index in [1.165, 1.54) is 19.2 Å². The summed E-state index contributed by atoms with van der Waals surface area (Å²) in [5.74, 6) is -0.904. The SMILES string of the molecule is COc1cccc(C(=O)COC(=O)c2cc(S(N)(=O)=O)ccc2Cl)c1. The number of benzene rings is 2. The fraction of sp³-hybridized carbons (Fsp3) is 0.125. The third-order valence-corrected chi connectivity index (χ3v) is 4.45. The van der Waals surface area contributed by atoms with E-state index in [4.69, 9.17) is 26.2 Å². The van der Waals surface area contributed by atoms with E-state index in [0.29, 0.717) is 11.3 Å². The normalized spacial score (nSPS) is 11.0. The van der Waals surface area contributed by atoms with Crippen LogP contribution in [-0.2, 0) is 14.8 Å². The molecule has 0 aliphatic heterocycles. The van der Waals surface area contributed by atoms with Crippen molar-refractivity contribution in [2.45, 2.75) is 4.90 Å². The van der Waals surface area contributed by atoms with Gasteiger partial charge in [0.25, 0.3) is 0 Å². The molecule has 0 saturated carbocycles. The van der Waals surface area contributed by atoms with E-state index in [1.54, 1.807) is 18.2 Å². The van der Waals surface area contributed by atoms with Gasteiger partial charge in [-0.05, 0) is 30.3 Å². The number of nitrogens with two attached hydrogens (primary N) is 1. The molecule has 0 spiro atoms. The van der Waals surface area contributed by atoms with Gasteiger partial charge in [0.1, 0.15) is 5.75 Å². The third-order valence-electron chi connectivity index (χ3n) is 3.21. The van der Waals surface area contributed by atoms with E-state index >= 15 is 0 Å². The Kier molecular flexibility index (Phi) is 5.78. The summed E-state index contributed by atoms with van der Waals surface area (Å²) in [6.45, 7) is -0.540. The lowest BCUT2D eigenvalue weighted by Crippen LogP contribution is -2.16. The molecule has 2 aromatic rings. The summed E-state index contributed by atoms with van der Waals surface area (Å²) in [6, 6.07) is 9.72. The maximum Gasteiger partial charge on any atom is 0.340 e. The first-order valence-electron chi connectivity index (χ1n) is 6.89. The van der Waals surface area contributed by atoms with Crippen LogP contribution in [0.25, 0.3) is 0 Å². The Balaban J connectivity index is 2.13. The summed E-state index contributed by atoms with van der Waals surface area (Å²) >= 11 is 5.88. The highest BCUT2D eigenvalue weighted by atomic mass is 35.5. The molecule has 0 aromatic heterocycles. The molecule has 0 fully saturated rings. The fourth-order valence-electron chi connectivity index (χ4n) is 1.93. The molecule has 0 aliphatic rings. The predicted molar refractivity (Wildman–Crippen MR) is 90.4 cm³/mol. The van der Waals surface area contributed by atoms with Crippen molar-refractivity contribution in [3.8, 4) is 5.75 Å². The number of hydrogen-bond donors (Lipinski definition) is 1. The van der Waals surface area contributed by atoms with Gasteiger partial charge in [0.2, 0.25) is 10.0 Å². The number of ether oxygens (including phenoxy) is 2. The van der Waals surface area contributed by atoms with Gasteiger partial charge in [0.05, 0.1) is 22.6 Å². The van der Waals surface area contributed by atoms with Crippen molar-refractivity contribution >= 4 is 33.4 Å². The first-order chi connectivity index (χ1) is 11.7. The summed E-state index contributed by atoms with van der Waals surface area (Å²) in [7, 11) is -2.54. The number of carbonyl (C=O) groups excluding carboxylic acids is 2. The maximum absolute atomic E-state index is 12.1. The van der Waals surface area contributed by atoms with Crippen molar-refractivity contribution in [3.05, 3.63) is 58.6 Å². The van der Waals surface area contributed by atoms with Crippen molar-refractivity contribution in [1.29, 1.82) is 0 Å². The monoisotopic (exact) mass is 383 g/mol. The van der Waals surface area contributed by atoms with Crippen molar-refractivity contribution in [2.24, 2.45) is 5.14 Å². The Hall–Kier alpha value is -2.42. The Bertz CT molecular complexity index is 926. The zero-order valence-corrected chi connectivity index (χ0v) is 14.6. The number of Topliss-reactive ketones (excluding diaryl/α,β-unsaturated/α-hetero) is 1. The molecule has 2 N–H and O–H groups in total. The maximum atomic E-state index is 12.1. The van der Waals surface area contributed by atoms with Crippen LogP contribution in [0, 0.1) is 0 Å². The number of esters is 1. The molecule has 0 atom stereocenters. The number of primary sulfonamides is 1. The summed E-state index contributed by atoms with van der Waals surface area (Å²) in [5.41, 5.74) is 0.100. The minimum atomic E-state index is -4.00. The van der Waals surface area contributed by atoms with Crippen LogP contribution >= 0.6 is 11.6 Å². The second-order valence-electron chi connectivity index (χ2n) is 4.92. The van der Waals surface area contributed by atoms with Gasteiger partial charge < -0.3 is 9.47 Å². The molecular formula is C16H14ClNO6S. The average Bonchev–Trinajstić information content (AvgIpc) is 2.58. The van der Waals surface area contributed by atoms with Crippen LogP contribution in [0.1, 0.15) is 20.7 Å². The van der Waals surface area contributed by atoms with Gasteiger partial charge in [-0.2, -0.15) is 0 Å². The lowest BCUT2D eigenvalue weighted by atomic mass is 10.1. The van der Waals surface area contributed by atoms with Gasteiger partial charge >= 0.3 is 5.97 Å². The number of hydrogen-bond acceptors (Lipinski definition) is 6. The summed E-state index contributed by atoms with van der Waals surface area (Å²) in [4.78, 5) is 23.9. The van der Waals surface area contributed by atoms with Gasteiger partial charge in [-0.15, -0.1) is 0 Å². The van der Waals surface area contributed by atoms with E-state index < -0.39 is 28.4 Å². The van der Waals surface area contributed by atoms with E-state index in [0.717, 1.165) is 12.1 Å². The lowest BCUT2D eigenvalue weighted by Gasteiger charge is -2.08. The van der Waals surface area contributed by atoms with E-state index in [1.807, 2.05) is 0 Å². The molecule has 2 rings (SSSR count). The van der Waals surface area contributed by atoms with E-state index in [9.17, 15) is 18.0 Å². The molecule has 0 aliphatic carbocycles. The summed E-state index contributed by atoms with van der Waals surface area (Å²) in [5, 5.41) is 4.99. The zero-order valence-electron chi connectivity index (χ0n) is 13.1. The third kappa shape index (κ3) is 4.79. The van der Waals surface area contributed by atoms with Crippen LogP contribution in [0.5, 0.6) is 5.75 Å². The van der Waals surface area contributed by atoms with E-state index in [2.05, 4.69) is 0 Å². The number of rotatable bonds is 6. The minimum absolute atomic E-state index is 0.0220. The zero-order chi connectivity index (χ0) is 18.6. The fourth-order valence-corrected chi connectivity index (χ4v) is 2.66. The van der Waals surface area contributed by atoms with Crippen LogP contribution in [0.3, 0.4) is 0 Å². The second-order valence-corrected chi connectivity index (χ2v) is 6.89. The van der Waals surface area contributed by atoms with Crippen LogP contribution in [0.15, 0.2) is 47.4 Å². The van der Waals surface area contributed by atoms with Gasteiger partial charge in [-0.25, -0.2) is 18.4 Å². The number of ketones is 1. The quantitative estimate of drug-likeness (QED) is 0.603. The molecule has 0 unspecified atom stereocenters. The molecular weight excluding hydrogens is 370 g/mol. The average molecular weight is 384 g/mol.